The Bertz CT molecular complexity index is 725. The van der Waals surface area contributed by atoms with Crippen LogP contribution in [0.25, 0.3) is 11.3 Å². The van der Waals surface area contributed by atoms with E-state index in [-0.39, 0.29) is 5.75 Å². The van der Waals surface area contributed by atoms with Crippen LogP contribution in [0.2, 0.25) is 5.02 Å². The van der Waals surface area contributed by atoms with Gasteiger partial charge in [0.2, 0.25) is 0 Å². The number of phenolic OH excluding ortho intramolecular Hbond substituents is 1. The van der Waals surface area contributed by atoms with Crippen molar-refractivity contribution in [3.8, 4) is 17.1 Å². The zero-order chi connectivity index (χ0) is 14.7. The highest BCUT2D eigenvalue weighted by Crippen LogP contribution is 2.28. The molecule has 0 spiro atoms. The van der Waals surface area contributed by atoms with Gasteiger partial charge in [0.05, 0.1) is 11.2 Å². The molecule has 0 saturated carbocycles. The predicted octanol–water partition coefficient (Wildman–Crippen LogP) is 4.31. The zero-order valence-electron chi connectivity index (χ0n) is 11.1. The first-order valence-electron chi connectivity index (χ1n) is 6.43. The topological polar surface area (TPSA) is 58.3 Å². The molecule has 0 unspecified atom stereocenters. The van der Waals surface area contributed by atoms with E-state index in [2.05, 4.69) is 10.3 Å². The quantitative estimate of drug-likeness (QED) is 0.753. The summed E-state index contributed by atoms with van der Waals surface area (Å²) in [5.41, 5.74) is 2.66. The molecule has 2 aromatic carbocycles. The SMILES string of the molecule is Oc1c(Cl)cccc1CNc1ccc(-c2cnco2)cc1. The second-order valence-electron chi connectivity index (χ2n) is 4.54. The molecule has 0 radical (unpaired) electrons. The van der Waals surface area contributed by atoms with E-state index < -0.39 is 0 Å². The first-order chi connectivity index (χ1) is 10.2. The van der Waals surface area contributed by atoms with Crippen LogP contribution in [0.5, 0.6) is 5.75 Å². The van der Waals surface area contributed by atoms with E-state index in [4.69, 9.17) is 16.0 Å². The number of phenols is 1. The summed E-state index contributed by atoms with van der Waals surface area (Å²) in [5, 5.41) is 13.4. The van der Waals surface area contributed by atoms with E-state index in [1.165, 1.54) is 6.39 Å². The molecule has 1 heterocycles. The summed E-state index contributed by atoms with van der Waals surface area (Å²) < 4.78 is 5.24. The number of benzene rings is 2. The molecule has 0 aliphatic heterocycles. The number of rotatable bonds is 4. The second kappa shape index (κ2) is 5.89. The fraction of sp³-hybridized carbons (Fsp3) is 0.0625. The summed E-state index contributed by atoms with van der Waals surface area (Å²) in [7, 11) is 0. The third-order valence-electron chi connectivity index (χ3n) is 3.16. The Morgan fingerprint density at radius 2 is 1.95 bits per heavy atom. The minimum atomic E-state index is 0.116. The van der Waals surface area contributed by atoms with E-state index in [1.54, 1.807) is 12.3 Å². The molecule has 5 heteroatoms. The Balaban J connectivity index is 1.70. The van der Waals surface area contributed by atoms with Gasteiger partial charge in [0, 0.05) is 23.4 Å². The number of oxazole rings is 1. The van der Waals surface area contributed by atoms with Crippen molar-refractivity contribution in [3.05, 3.63) is 65.6 Å². The van der Waals surface area contributed by atoms with E-state index in [0.29, 0.717) is 11.6 Å². The lowest BCUT2D eigenvalue weighted by molar-refractivity contribution is 0.469. The third kappa shape index (κ3) is 3.01. The van der Waals surface area contributed by atoms with Gasteiger partial charge >= 0.3 is 0 Å². The highest BCUT2D eigenvalue weighted by Gasteiger charge is 2.05. The average molecular weight is 301 g/mol. The summed E-state index contributed by atoms with van der Waals surface area (Å²) in [6, 6.07) is 13.1. The number of aromatic nitrogens is 1. The van der Waals surface area contributed by atoms with Crippen LogP contribution >= 0.6 is 11.6 Å². The number of nitrogens with one attached hydrogen (secondary N) is 1. The lowest BCUT2D eigenvalue weighted by Crippen LogP contribution is -1.99. The summed E-state index contributed by atoms with van der Waals surface area (Å²) in [5.74, 6) is 0.846. The number of aromatic hydroxyl groups is 1. The summed E-state index contributed by atoms with van der Waals surface area (Å²) in [6.45, 7) is 0.494. The molecule has 0 bridgehead atoms. The first-order valence-corrected chi connectivity index (χ1v) is 6.81. The normalized spacial score (nSPS) is 10.5. The molecule has 0 amide bonds. The minimum Gasteiger partial charge on any atom is -0.506 e. The van der Waals surface area contributed by atoms with Crippen molar-refractivity contribution in [2.75, 3.05) is 5.32 Å². The molecule has 3 aromatic rings. The monoisotopic (exact) mass is 300 g/mol. The van der Waals surface area contributed by atoms with Gasteiger partial charge in [-0.05, 0) is 30.3 Å². The number of halogens is 1. The number of hydrogen-bond donors (Lipinski definition) is 2. The number of hydrogen-bond acceptors (Lipinski definition) is 4. The number of para-hydroxylation sites is 1. The van der Waals surface area contributed by atoms with Crippen LogP contribution in [0, 0.1) is 0 Å². The molecular weight excluding hydrogens is 288 g/mol. The molecule has 21 heavy (non-hydrogen) atoms. The van der Waals surface area contributed by atoms with Crippen molar-refractivity contribution in [1.82, 2.24) is 4.98 Å². The molecule has 106 valence electrons. The van der Waals surface area contributed by atoms with Crippen LogP contribution in [-0.2, 0) is 6.54 Å². The molecule has 2 N–H and O–H groups in total. The van der Waals surface area contributed by atoms with Crippen molar-refractivity contribution in [2.24, 2.45) is 0 Å². The molecule has 0 aliphatic carbocycles. The first kappa shape index (κ1) is 13.5. The van der Waals surface area contributed by atoms with Gasteiger partial charge in [0.15, 0.2) is 12.2 Å². The van der Waals surface area contributed by atoms with Gasteiger partial charge in [-0.1, -0.05) is 23.7 Å². The fourth-order valence-corrected chi connectivity index (χ4v) is 2.20. The maximum Gasteiger partial charge on any atom is 0.181 e. The Labute approximate surface area is 127 Å². The van der Waals surface area contributed by atoms with E-state index in [0.717, 1.165) is 22.6 Å². The van der Waals surface area contributed by atoms with Gasteiger partial charge in [-0.15, -0.1) is 0 Å². The van der Waals surface area contributed by atoms with Crippen LogP contribution in [0.4, 0.5) is 5.69 Å². The summed E-state index contributed by atoms with van der Waals surface area (Å²) in [6.07, 6.45) is 3.08. The minimum absolute atomic E-state index is 0.116. The Kier molecular flexibility index (Phi) is 3.79. The van der Waals surface area contributed by atoms with Crippen molar-refractivity contribution in [1.29, 1.82) is 0 Å². The highest BCUT2D eigenvalue weighted by molar-refractivity contribution is 6.32. The van der Waals surface area contributed by atoms with E-state index in [9.17, 15) is 5.11 Å². The Morgan fingerprint density at radius 3 is 2.67 bits per heavy atom. The lowest BCUT2D eigenvalue weighted by Gasteiger charge is -2.09. The lowest BCUT2D eigenvalue weighted by atomic mass is 10.1. The Hall–Kier alpha value is -2.46. The molecule has 4 nitrogen and oxygen atoms in total. The van der Waals surface area contributed by atoms with Gasteiger partial charge in [-0.3, -0.25) is 0 Å². The van der Waals surface area contributed by atoms with Crippen LogP contribution < -0.4 is 5.32 Å². The van der Waals surface area contributed by atoms with E-state index in [1.807, 2.05) is 36.4 Å². The zero-order valence-corrected chi connectivity index (χ0v) is 11.8. The summed E-state index contributed by atoms with van der Waals surface area (Å²) in [4.78, 5) is 3.89. The largest absolute Gasteiger partial charge is 0.506 e. The molecule has 0 atom stereocenters. The molecule has 0 saturated heterocycles. The highest BCUT2D eigenvalue weighted by atomic mass is 35.5. The molecule has 3 rings (SSSR count). The Morgan fingerprint density at radius 1 is 1.14 bits per heavy atom. The standard InChI is InChI=1S/C16H13ClN2O2/c17-14-3-1-2-12(16(14)20)8-19-13-6-4-11(5-7-13)15-9-18-10-21-15/h1-7,9-10,19-20H,8H2. The van der Waals surface area contributed by atoms with Gasteiger partial charge in [-0.25, -0.2) is 4.98 Å². The number of nitrogens with zero attached hydrogens (tertiary/aromatic N) is 1. The van der Waals surface area contributed by atoms with Crippen molar-refractivity contribution < 1.29 is 9.52 Å². The van der Waals surface area contributed by atoms with Crippen LogP contribution in [-0.4, -0.2) is 10.1 Å². The molecular formula is C16H13ClN2O2. The smallest absolute Gasteiger partial charge is 0.181 e. The van der Waals surface area contributed by atoms with Gasteiger partial charge in [0.1, 0.15) is 5.75 Å². The van der Waals surface area contributed by atoms with Gasteiger partial charge in [-0.2, -0.15) is 0 Å². The van der Waals surface area contributed by atoms with E-state index >= 15 is 0 Å². The predicted molar refractivity (Wildman–Crippen MR) is 82.4 cm³/mol. The van der Waals surface area contributed by atoms with Crippen molar-refractivity contribution in [2.45, 2.75) is 6.54 Å². The van der Waals surface area contributed by atoms with Gasteiger partial charge in [0.25, 0.3) is 0 Å². The molecule has 1 aromatic heterocycles. The van der Waals surface area contributed by atoms with Gasteiger partial charge < -0.3 is 14.8 Å². The van der Waals surface area contributed by atoms with Crippen molar-refractivity contribution >= 4 is 17.3 Å². The maximum atomic E-state index is 9.85. The third-order valence-corrected chi connectivity index (χ3v) is 3.46. The molecule has 0 fully saturated rings. The summed E-state index contributed by atoms with van der Waals surface area (Å²) >= 11 is 5.88. The maximum absolute atomic E-state index is 9.85. The average Bonchev–Trinajstić information content (AvgIpc) is 3.04. The molecule has 0 aliphatic rings. The van der Waals surface area contributed by atoms with Crippen LogP contribution in [0.3, 0.4) is 0 Å². The van der Waals surface area contributed by atoms with Crippen LogP contribution in [0.15, 0.2) is 59.5 Å². The number of anilines is 1. The fourth-order valence-electron chi connectivity index (χ4n) is 2.01. The second-order valence-corrected chi connectivity index (χ2v) is 4.95. The van der Waals surface area contributed by atoms with Crippen molar-refractivity contribution in [3.63, 3.8) is 0 Å². The van der Waals surface area contributed by atoms with Crippen LogP contribution in [0.1, 0.15) is 5.56 Å².